The topological polar surface area (TPSA) is 85.9 Å². The van der Waals surface area contributed by atoms with Crippen molar-refractivity contribution in [1.29, 1.82) is 0 Å². The Hall–Kier alpha value is -1.74. The number of rotatable bonds is 6. The molecule has 0 bridgehead atoms. The standard InChI is InChI=1S/C17H23N3O4S/c1-13-17(14(2)24-18-13)25(21,22)19-16(15-6-4-3-5-7-15)12-20-8-10-23-11-9-20/h3-7,16,19H,8-12H2,1-2H3/p+1/t16-/m0/s1. The smallest absolute Gasteiger partial charge is 0.246 e. The predicted octanol–water partition coefficient (Wildman–Crippen LogP) is 0.226. The second kappa shape index (κ2) is 7.65. The van der Waals surface area contributed by atoms with Gasteiger partial charge >= 0.3 is 0 Å². The van der Waals surface area contributed by atoms with Crippen LogP contribution in [0, 0.1) is 13.8 Å². The molecule has 0 radical (unpaired) electrons. The summed E-state index contributed by atoms with van der Waals surface area (Å²) < 4.78 is 39.1. The number of hydrogen-bond donors (Lipinski definition) is 2. The van der Waals surface area contributed by atoms with E-state index in [2.05, 4.69) is 9.88 Å². The Morgan fingerprint density at radius 3 is 2.48 bits per heavy atom. The zero-order valence-electron chi connectivity index (χ0n) is 14.5. The van der Waals surface area contributed by atoms with Crippen LogP contribution in [0.25, 0.3) is 0 Å². The fourth-order valence-electron chi connectivity index (χ4n) is 3.17. The Bertz CT molecular complexity index is 779. The van der Waals surface area contributed by atoms with Gasteiger partial charge in [0.05, 0.1) is 25.8 Å². The maximum atomic E-state index is 12.9. The SMILES string of the molecule is Cc1noc(C)c1S(=O)(=O)N[C@@H](C[NH+]1CCOCC1)c1ccccc1. The second-order valence-electron chi connectivity index (χ2n) is 6.30. The highest BCUT2D eigenvalue weighted by atomic mass is 32.2. The number of benzene rings is 1. The van der Waals surface area contributed by atoms with Crippen LogP contribution in [0.2, 0.25) is 0 Å². The molecule has 136 valence electrons. The van der Waals surface area contributed by atoms with Crippen molar-refractivity contribution in [2.24, 2.45) is 0 Å². The molecular formula is C17H24N3O4S+. The van der Waals surface area contributed by atoms with Gasteiger partial charge in [-0.1, -0.05) is 35.5 Å². The van der Waals surface area contributed by atoms with E-state index in [1.807, 2.05) is 30.3 Å². The van der Waals surface area contributed by atoms with Gasteiger partial charge in [-0.05, 0) is 19.4 Å². The minimum Gasteiger partial charge on any atom is -0.370 e. The lowest BCUT2D eigenvalue weighted by Gasteiger charge is -2.28. The summed E-state index contributed by atoms with van der Waals surface area (Å²) in [7, 11) is -3.73. The fourth-order valence-corrected chi connectivity index (χ4v) is 4.72. The first-order valence-electron chi connectivity index (χ1n) is 8.39. The van der Waals surface area contributed by atoms with Crippen LogP contribution in [0.1, 0.15) is 23.1 Å². The van der Waals surface area contributed by atoms with E-state index in [0.717, 1.165) is 18.7 Å². The van der Waals surface area contributed by atoms with Crippen molar-refractivity contribution in [2.45, 2.75) is 24.8 Å². The highest BCUT2D eigenvalue weighted by Gasteiger charge is 2.30. The summed E-state index contributed by atoms with van der Waals surface area (Å²) in [5.41, 5.74) is 1.31. The minimum absolute atomic E-state index is 0.130. The number of hydrogen-bond acceptors (Lipinski definition) is 5. The predicted molar refractivity (Wildman–Crippen MR) is 91.9 cm³/mol. The lowest BCUT2D eigenvalue weighted by molar-refractivity contribution is -0.909. The highest BCUT2D eigenvalue weighted by Crippen LogP contribution is 2.21. The van der Waals surface area contributed by atoms with Gasteiger partial charge in [-0.25, -0.2) is 8.42 Å². The molecule has 25 heavy (non-hydrogen) atoms. The van der Waals surface area contributed by atoms with Gasteiger partial charge in [0.1, 0.15) is 23.7 Å². The Morgan fingerprint density at radius 2 is 1.88 bits per heavy atom. The zero-order chi connectivity index (χ0) is 17.9. The summed E-state index contributed by atoms with van der Waals surface area (Å²) >= 11 is 0. The number of nitrogens with zero attached hydrogens (tertiary/aromatic N) is 1. The Labute approximate surface area is 148 Å². The molecule has 2 N–H and O–H groups in total. The molecular weight excluding hydrogens is 342 g/mol. The monoisotopic (exact) mass is 366 g/mol. The first kappa shape index (κ1) is 18.1. The van der Waals surface area contributed by atoms with Crippen molar-refractivity contribution < 1.29 is 22.6 Å². The molecule has 1 aliphatic rings. The van der Waals surface area contributed by atoms with E-state index in [9.17, 15) is 8.42 Å². The third-order valence-electron chi connectivity index (χ3n) is 4.43. The summed E-state index contributed by atoms with van der Waals surface area (Å²) in [6, 6.07) is 9.32. The average molecular weight is 366 g/mol. The van der Waals surface area contributed by atoms with Crippen LogP contribution in [0.5, 0.6) is 0 Å². The first-order chi connectivity index (χ1) is 12.0. The van der Waals surface area contributed by atoms with E-state index in [4.69, 9.17) is 9.26 Å². The van der Waals surface area contributed by atoms with Crippen LogP contribution in [-0.4, -0.2) is 46.4 Å². The van der Waals surface area contributed by atoms with E-state index < -0.39 is 10.0 Å². The Kier molecular flexibility index (Phi) is 5.53. The van der Waals surface area contributed by atoms with E-state index >= 15 is 0 Å². The van der Waals surface area contributed by atoms with Crippen LogP contribution in [0.3, 0.4) is 0 Å². The largest absolute Gasteiger partial charge is 0.370 e. The molecule has 2 aromatic rings. The number of aromatic nitrogens is 1. The average Bonchev–Trinajstić information content (AvgIpc) is 2.95. The molecule has 1 aromatic carbocycles. The molecule has 1 saturated heterocycles. The maximum Gasteiger partial charge on any atom is 0.246 e. The fraction of sp³-hybridized carbons (Fsp3) is 0.471. The summed E-state index contributed by atoms with van der Waals surface area (Å²) in [6.45, 7) is 7.05. The highest BCUT2D eigenvalue weighted by molar-refractivity contribution is 7.89. The van der Waals surface area contributed by atoms with E-state index in [1.54, 1.807) is 13.8 Å². The van der Waals surface area contributed by atoms with Gasteiger partial charge in [0.2, 0.25) is 10.0 Å². The van der Waals surface area contributed by atoms with E-state index in [-0.39, 0.29) is 10.9 Å². The van der Waals surface area contributed by atoms with Crippen molar-refractivity contribution in [3.05, 3.63) is 47.3 Å². The number of nitrogens with one attached hydrogen (secondary N) is 2. The molecule has 0 spiro atoms. The maximum absolute atomic E-state index is 12.9. The molecule has 0 saturated carbocycles. The summed E-state index contributed by atoms with van der Waals surface area (Å²) in [5.74, 6) is 0.301. The van der Waals surface area contributed by atoms with Crippen molar-refractivity contribution in [1.82, 2.24) is 9.88 Å². The molecule has 1 atom stereocenters. The third-order valence-corrected chi connectivity index (χ3v) is 6.14. The number of aryl methyl sites for hydroxylation is 2. The normalized spacial score (nSPS) is 17.5. The number of sulfonamides is 1. The molecule has 0 aliphatic carbocycles. The number of quaternary nitrogens is 1. The lowest BCUT2D eigenvalue weighted by Crippen LogP contribution is -3.14. The van der Waals surface area contributed by atoms with Crippen molar-refractivity contribution in [3.63, 3.8) is 0 Å². The van der Waals surface area contributed by atoms with Gasteiger partial charge in [-0.2, -0.15) is 4.72 Å². The lowest BCUT2D eigenvalue weighted by atomic mass is 10.1. The zero-order valence-corrected chi connectivity index (χ0v) is 15.3. The van der Waals surface area contributed by atoms with Gasteiger partial charge in [0.15, 0.2) is 5.76 Å². The van der Waals surface area contributed by atoms with Gasteiger partial charge in [-0.15, -0.1) is 0 Å². The van der Waals surface area contributed by atoms with Crippen molar-refractivity contribution >= 4 is 10.0 Å². The molecule has 2 heterocycles. The van der Waals surface area contributed by atoms with Gasteiger partial charge in [-0.3, -0.25) is 0 Å². The first-order valence-corrected chi connectivity index (χ1v) is 9.87. The molecule has 7 nitrogen and oxygen atoms in total. The van der Waals surface area contributed by atoms with Gasteiger partial charge in [0, 0.05) is 0 Å². The van der Waals surface area contributed by atoms with Crippen LogP contribution < -0.4 is 9.62 Å². The van der Waals surface area contributed by atoms with Gasteiger partial charge in [0.25, 0.3) is 0 Å². The van der Waals surface area contributed by atoms with Crippen LogP contribution >= 0.6 is 0 Å². The second-order valence-corrected chi connectivity index (χ2v) is 7.96. The quantitative estimate of drug-likeness (QED) is 0.764. The molecule has 0 unspecified atom stereocenters. The van der Waals surface area contributed by atoms with Crippen molar-refractivity contribution in [2.75, 3.05) is 32.8 Å². The third kappa shape index (κ3) is 4.27. The number of ether oxygens (including phenoxy) is 1. The molecule has 8 heteroatoms. The molecule has 1 fully saturated rings. The molecule has 0 amide bonds. The molecule has 3 rings (SSSR count). The number of morpholine rings is 1. The summed E-state index contributed by atoms with van der Waals surface area (Å²) in [6.07, 6.45) is 0. The van der Waals surface area contributed by atoms with E-state index in [1.165, 1.54) is 4.90 Å². The Morgan fingerprint density at radius 1 is 1.20 bits per heavy atom. The van der Waals surface area contributed by atoms with Crippen LogP contribution in [-0.2, 0) is 14.8 Å². The van der Waals surface area contributed by atoms with E-state index in [0.29, 0.717) is 31.2 Å². The summed E-state index contributed by atoms with van der Waals surface area (Å²) in [5, 5.41) is 3.76. The summed E-state index contributed by atoms with van der Waals surface area (Å²) in [4.78, 5) is 1.45. The molecule has 1 aliphatic heterocycles. The Balaban J connectivity index is 1.86. The van der Waals surface area contributed by atoms with Crippen LogP contribution in [0.15, 0.2) is 39.8 Å². The van der Waals surface area contributed by atoms with Crippen LogP contribution in [0.4, 0.5) is 0 Å². The molecule has 1 aromatic heterocycles. The van der Waals surface area contributed by atoms with Gasteiger partial charge < -0.3 is 14.2 Å². The van der Waals surface area contributed by atoms with Crippen molar-refractivity contribution in [3.8, 4) is 0 Å². The minimum atomic E-state index is -3.73.